The predicted molar refractivity (Wildman–Crippen MR) is 94.1 cm³/mol. The molecular formula is C19H20ClNO3. The molecule has 2 aromatic rings. The van der Waals surface area contributed by atoms with Crippen LogP contribution in [-0.2, 0) is 6.42 Å². The molecule has 4 nitrogen and oxygen atoms in total. The van der Waals surface area contributed by atoms with Gasteiger partial charge in [0.05, 0.1) is 16.6 Å². The maximum Gasteiger partial charge on any atom is 0.253 e. The fourth-order valence-corrected chi connectivity index (χ4v) is 3.07. The lowest BCUT2D eigenvalue weighted by atomic mass is 9.98. The summed E-state index contributed by atoms with van der Waals surface area (Å²) >= 11 is 6.10. The molecule has 0 bridgehead atoms. The Hall–Kier alpha value is -2.20. The first-order valence-electron chi connectivity index (χ1n) is 8.08. The molecule has 3 rings (SSSR count). The zero-order valence-corrected chi connectivity index (χ0v) is 14.5. The molecule has 1 unspecified atom stereocenters. The summed E-state index contributed by atoms with van der Waals surface area (Å²) in [6.45, 7) is 5.14. The van der Waals surface area contributed by atoms with E-state index >= 15 is 0 Å². The zero-order chi connectivity index (χ0) is 17.1. The molecule has 0 aromatic heterocycles. The lowest BCUT2D eigenvalue weighted by Gasteiger charge is -2.24. The van der Waals surface area contributed by atoms with Gasteiger partial charge < -0.3 is 14.8 Å². The topological polar surface area (TPSA) is 47.6 Å². The van der Waals surface area contributed by atoms with Gasteiger partial charge >= 0.3 is 0 Å². The zero-order valence-electron chi connectivity index (χ0n) is 13.8. The van der Waals surface area contributed by atoms with Crippen LogP contribution in [0.3, 0.4) is 0 Å². The molecular weight excluding hydrogens is 326 g/mol. The number of rotatable bonds is 4. The summed E-state index contributed by atoms with van der Waals surface area (Å²) in [6.07, 6.45) is 0.846. The number of fused-ring (bicyclic) bond motifs is 1. The quantitative estimate of drug-likeness (QED) is 0.904. The van der Waals surface area contributed by atoms with Gasteiger partial charge in [0, 0.05) is 0 Å². The van der Waals surface area contributed by atoms with Gasteiger partial charge in [-0.25, -0.2) is 0 Å². The Morgan fingerprint density at radius 3 is 2.54 bits per heavy atom. The number of hydrogen-bond donors (Lipinski definition) is 1. The van der Waals surface area contributed by atoms with Gasteiger partial charge in [-0.15, -0.1) is 0 Å². The van der Waals surface area contributed by atoms with Crippen LogP contribution in [0.4, 0.5) is 0 Å². The summed E-state index contributed by atoms with van der Waals surface area (Å²) in [6, 6.07) is 10.8. The van der Waals surface area contributed by atoms with Crippen LogP contribution in [0.1, 0.15) is 41.4 Å². The van der Waals surface area contributed by atoms with Crippen molar-refractivity contribution >= 4 is 17.5 Å². The van der Waals surface area contributed by atoms with E-state index in [4.69, 9.17) is 21.1 Å². The normalized spacial score (nSPS) is 14.1. The largest absolute Gasteiger partial charge is 0.486 e. The summed E-state index contributed by atoms with van der Waals surface area (Å²) in [7, 11) is 0. The van der Waals surface area contributed by atoms with Crippen LogP contribution in [-0.4, -0.2) is 19.1 Å². The van der Waals surface area contributed by atoms with Crippen molar-refractivity contribution in [1.29, 1.82) is 0 Å². The molecule has 24 heavy (non-hydrogen) atoms. The average Bonchev–Trinajstić information content (AvgIpc) is 2.60. The second-order valence-corrected chi connectivity index (χ2v) is 6.13. The van der Waals surface area contributed by atoms with Crippen LogP contribution in [0.5, 0.6) is 11.5 Å². The number of aryl methyl sites for hydroxylation is 1. The highest BCUT2D eigenvalue weighted by Crippen LogP contribution is 2.35. The Labute approximate surface area is 146 Å². The molecule has 0 fully saturated rings. The molecule has 0 spiro atoms. The maximum atomic E-state index is 12.5. The molecule has 1 aliphatic heterocycles. The van der Waals surface area contributed by atoms with Crippen molar-refractivity contribution in [3.63, 3.8) is 0 Å². The molecule has 1 N–H and O–H groups in total. The Morgan fingerprint density at radius 1 is 1.21 bits per heavy atom. The number of hydrogen-bond acceptors (Lipinski definition) is 3. The number of carbonyl (C=O) groups excluding carboxylic acids is 1. The molecule has 1 atom stereocenters. The molecule has 0 aliphatic carbocycles. The van der Waals surface area contributed by atoms with E-state index in [2.05, 4.69) is 12.2 Å². The Kier molecular flexibility index (Phi) is 4.95. The molecule has 1 amide bonds. The van der Waals surface area contributed by atoms with Crippen molar-refractivity contribution in [1.82, 2.24) is 5.32 Å². The Bertz CT molecular complexity index is 760. The third-order valence-corrected chi connectivity index (χ3v) is 4.45. The third kappa shape index (κ3) is 3.34. The van der Waals surface area contributed by atoms with E-state index in [1.165, 1.54) is 0 Å². The summed E-state index contributed by atoms with van der Waals surface area (Å²) < 4.78 is 11.3. The van der Waals surface area contributed by atoms with Crippen LogP contribution >= 0.6 is 11.6 Å². The minimum atomic E-state index is -0.190. The van der Waals surface area contributed by atoms with Crippen LogP contribution in [0.15, 0.2) is 36.4 Å². The van der Waals surface area contributed by atoms with E-state index in [-0.39, 0.29) is 11.9 Å². The summed E-state index contributed by atoms with van der Waals surface area (Å²) in [5, 5.41) is 3.46. The molecule has 0 radical (unpaired) electrons. The van der Waals surface area contributed by atoms with Gasteiger partial charge in [-0.2, -0.15) is 0 Å². The first-order valence-corrected chi connectivity index (χ1v) is 8.45. The fraction of sp³-hybridized carbons (Fsp3) is 0.316. The first-order chi connectivity index (χ1) is 11.6. The van der Waals surface area contributed by atoms with Crippen molar-refractivity contribution in [2.24, 2.45) is 0 Å². The molecule has 126 valence electrons. The Balaban J connectivity index is 1.85. The first kappa shape index (κ1) is 16.7. The lowest BCUT2D eigenvalue weighted by molar-refractivity contribution is 0.0939. The highest BCUT2D eigenvalue weighted by atomic mass is 35.5. The number of nitrogens with one attached hydrogen (secondary N) is 1. The minimum absolute atomic E-state index is 0.167. The molecule has 0 saturated carbocycles. The SMILES string of the molecule is CCc1cc2c(cc1C(C)NC(=O)c1ccccc1Cl)OCCO2. The van der Waals surface area contributed by atoms with Gasteiger partial charge in [-0.1, -0.05) is 30.7 Å². The highest BCUT2D eigenvalue weighted by Gasteiger charge is 2.20. The number of benzene rings is 2. The van der Waals surface area contributed by atoms with Crippen molar-refractivity contribution in [3.8, 4) is 11.5 Å². The summed E-state index contributed by atoms with van der Waals surface area (Å²) in [4.78, 5) is 12.5. The smallest absolute Gasteiger partial charge is 0.253 e. The Morgan fingerprint density at radius 2 is 1.88 bits per heavy atom. The highest BCUT2D eigenvalue weighted by molar-refractivity contribution is 6.33. The van der Waals surface area contributed by atoms with Crippen molar-refractivity contribution in [3.05, 3.63) is 58.1 Å². The van der Waals surface area contributed by atoms with Gasteiger partial charge in [0.1, 0.15) is 13.2 Å². The van der Waals surface area contributed by atoms with E-state index < -0.39 is 0 Å². The number of carbonyl (C=O) groups is 1. The lowest BCUT2D eigenvalue weighted by Crippen LogP contribution is -2.28. The van der Waals surface area contributed by atoms with E-state index in [9.17, 15) is 4.79 Å². The molecule has 5 heteroatoms. The van der Waals surface area contributed by atoms with Crippen molar-refractivity contribution < 1.29 is 14.3 Å². The second kappa shape index (κ2) is 7.14. The molecule has 1 heterocycles. The van der Waals surface area contributed by atoms with Gasteiger partial charge in [0.25, 0.3) is 5.91 Å². The third-order valence-electron chi connectivity index (χ3n) is 4.12. The maximum absolute atomic E-state index is 12.5. The number of halogens is 1. The number of ether oxygens (including phenoxy) is 2. The summed E-state index contributed by atoms with van der Waals surface area (Å²) in [5.41, 5.74) is 2.63. The average molecular weight is 346 g/mol. The molecule has 2 aromatic carbocycles. The van der Waals surface area contributed by atoms with Gasteiger partial charge in [-0.3, -0.25) is 4.79 Å². The van der Waals surface area contributed by atoms with E-state index in [0.717, 1.165) is 29.0 Å². The van der Waals surface area contributed by atoms with Gasteiger partial charge in [-0.05, 0) is 48.7 Å². The van der Waals surface area contributed by atoms with E-state index in [1.807, 2.05) is 19.1 Å². The fourth-order valence-electron chi connectivity index (χ4n) is 2.85. The van der Waals surface area contributed by atoms with Gasteiger partial charge in [0.2, 0.25) is 0 Å². The molecule has 1 aliphatic rings. The van der Waals surface area contributed by atoms with Crippen LogP contribution < -0.4 is 14.8 Å². The van der Waals surface area contributed by atoms with Crippen LogP contribution in [0, 0.1) is 0 Å². The van der Waals surface area contributed by atoms with E-state index in [0.29, 0.717) is 23.8 Å². The monoisotopic (exact) mass is 345 g/mol. The number of amides is 1. The van der Waals surface area contributed by atoms with E-state index in [1.54, 1.807) is 24.3 Å². The van der Waals surface area contributed by atoms with Crippen molar-refractivity contribution in [2.45, 2.75) is 26.3 Å². The van der Waals surface area contributed by atoms with Crippen molar-refractivity contribution in [2.75, 3.05) is 13.2 Å². The standard InChI is InChI=1S/C19H20ClNO3/c1-3-13-10-17-18(24-9-8-23-17)11-15(13)12(2)21-19(22)14-6-4-5-7-16(14)20/h4-7,10-12H,3,8-9H2,1-2H3,(H,21,22). The summed E-state index contributed by atoms with van der Waals surface area (Å²) in [5.74, 6) is 1.31. The second-order valence-electron chi connectivity index (χ2n) is 5.72. The van der Waals surface area contributed by atoms with Gasteiger partial charge in [0.15, 0.2) is 11.5 Å². The molecule has 0 saturated heterocycles. The minimum Gasteiger partial charge on any atom is -0.486 e. The van der Waals surface area contributed by atoms with Crippen LogP contribution in [0.2, 0.25) is 5.02 Å². The predicted octanol–water partition coefficient (Wildman–Crippen LogP) is 4.16. The van der Waals surface area contributed by atoms with Crippen LogP contribution in [0.25, 0.3) is 0 Å².